The molecule has 172 valence electrons. The van der Waals surface area contributed by atoms with Crippen molar-refractivity contribution < 1.29 is 19.1 Å². The maximum atomic E-state index is 13.4. The lowest BCUT2D eigenvalue weighted by molar-refractivity contribution is -0.119. The van der Waals surface area contributed by atoms with Crippen LogP contribution >= 0.6 is 0 Å². The molecule has 0 radical (unpaired) electrons. The van der Waals surface area contributed by atoms with Crippen molar-refractivity contribution in [1.82, 2.24) is 0 Å². The van der Waals surface area contributed by atoms with E-state index in [0.29, 0.717) is 25.2 Å². The summed E-state index contributed by atoms with van der Waals surface area (Å²) in [6, 6.07) is 24.8. The number of amides is 1. The van der Waals surface area contributed by atoms with Crippen LogP contribution < -0.4 is 14.4 Å². The monoisotopic (exact) mass is 453 g/mol. The molecular weight excluding hydrogens is 426 g/mol. The Balaban J connectivity index is 1.46. The molecule has 1 amide bonds. The van der Waals surface area contributed by atoms with Crippen LogP contribution in [0.25, 0.3) is 0 Å². The third kappa shape index (κ3) is 4.34. The average Bonchev–Trinajstić information content (AvgIpc) is 2.86. The summed E-state index contributed by atoms with van der Waals surface area (Å²) in [5.41, 5.74) is 3.35. The van der Waals surface area contributed by atoms with E-state index in [0.717, 1.165) is 40.4 Å². The van der Waals surface area contributed by atoms with Crippen LogP contribution in [0, 0.1) is 0 Å². The zero-order valence-corrected chi connectivity index (χ0v) is 19.2. The fraction of sp³-hybridized carbons (Fsp3) is 0.241. The number of anilines is 1. The lowest BCUT2D eigenvalue weighted by atomic mass is 9.77. The van der Waals surface area contributed by atoms with E-state index in [4.69, 9.17) is 9.47 Å². The molecule has 5 rings (SSSR count). The molecule has 1 unspecified atom stereocenters. The fourth-order valence-corrected chi connectivity index (χ4v) is 4.83. The molecule has 2 aliphatic rings. The first kappa shape index (κ1) is 22.0. The van der Waals surface area contributed by atoms with E-state index in [9.17, 15) is 9.59 Å². The Labute approximate surface area is 199 Å². The third-order valence-corrected chi connectivity index (χ3v) is 6.34. The first-order chi connectivity index (χ1) is 16.6. The van der Waals surface area contributed by atoms with Crippen LogP contribution in [0.1, 0.15) is 44.1 Å². The van der Waals surface area contributed by atoms with Gasteiger partial charge in [-0.15, -0.1) is 0 Å². The van der Waals surface area contributed by atoms with Crippen molar-refractivity contribution in [3.63, 3.8) is 0 Å². The number of nitrogens with zero attached hydrogens (tertiary/aromatic N) is 1. The number of ketones is 1. The standard InChI is InChI=1S/C29H27NO4/c1-2-33-22-15-11-20(12-16-22)25-19-28(32)30(26-9-6-10-27(31)29(25)26)21-13-17-24(18-14-21)34-23-7-4-3-5-8-23/h3-5,7-8,11-18,25H,2,6,9-10,19H2,1H3. The number of para-hydroxylation sites is 1. The second-order valence-electron chi connectivity index (χ2n) is 8.53. The molecule has 34 heavy (non-hydrogen) atoms. The Morgan fingerprint density at radius 1 is 0.824 bits per heavy atom. The van der Waals surface area contributed by atoms with Gasteiger partial charge in [0.1, 0.15) is 17.2 Å². The highest BCUT2D eigenvalue weighted by atomic mass is 16.5. The molecule has 3 aromatic carbocycles. The summed E-state index contributed by atoms with van der Waals surface area (Å²) in [4.78, 5) is 28.2. The highest BCUT2D eigenvalue weighted by Crippen LogP contribution is 2.43. The predicted octanol–water partition coefficient (Wildman–Crippen LogP) is 6.41. The number of benzene rings is 3. The van der Waals surface area contributed by atoms with Gasteiger partial charge in [0, 0.05) is 35.7 Å². The minimum absolute atomic E-state index is 0.00376. The van der Waals surface area contributed by atoms with E-state index in [-0.39, 0.29) is 24.0 Å². The van der Waals surface area contributed by atoms with Crippen LogP contribution in [-0.4, -0.2) is 18.3 Å². The summed E-state index contributed by atoms with van der Waals surface area (Å²) in [5, 5.41) is 0. The van der Waals surface area contributed by atoms with Gasteiger partial charge in [-0.1, -0.05) is 30.3 Å². The summed E-state index contributed by atoms with van der Waals surface area (Å²) in [6.07, 6.45) is 2.26. The molecule has 1 aliphatic carbocycles. The van der Waals surface area contributed by atoms with Crippen molar-refractivity contribution in [1.29, 1.82) is 0 Å². The lowest BCUT2D eigenvalue weighted by Gasteiger charge is -2.38. The molecule has 1 atom stereocenters. The zero-order valence-electron chi connectivity index (χ0n) is 19.2. The number of allylic oxidation sites excluding steroid dienone is 2. The Hall–Kier alpha value is -3.86. The summed E-state index contributed by atoms with van der Waals surface area (Å²) in [5.74, 6) is 2.16. The van der Waals surface area contributed by atoms with Crippen LogP contribution in [0.4, 0.5) is 5.69 Å². The van der Waals surface area contributed by atoms with Crippen molar-refractivity contribution in [3.8, 4) is 17.2 Å². The summed E-state index contributed by atoms with van der Waals surface area (Å²) in [6.45, 7) is 2.54. The summed E-state index contributed by atoms with van der Waals surface area (Å²) < 4.78 is 11.4. The number of ether oxygens (including phenoxy) is 2. The molecule has 0 saturated heterocycles. The highest BCUT2D eigenvalue weighted by Gasteiger charge is 2.39. The van der Waals surface area contributed by atoms with Gasteiger partial charge in [0.25, 0.3) is 0 Å². The van der Waals surface area contributed by atoms with E-state index < -0.39 is 0 Å². The van der Waals surface area contributed by atoms with E-state index in [1.54, 1.807) is 4.90 Å². The van der Waals surface area contributed by atoms with Gasteiger partial charge in [-0.05, 0) is 73.9 Å². The van der Waals surface area contributed by atoms with Gasteiger partial charge in [-0.2, -0.15) is 0 Å². The molecule has 1 aliphatic heterocycles. The van der Waals surface area contributed by atoms with E-state index in [1.807, 2.05) is 85.8 Å². The lowest BCUT2D eigenvalue weighted by Crippen LogP contribution is -2.40. The first-order valence-electron chi connectivity index (χ1n) is 11.8. The highest BCUT2D eigenvalue weighted by molar-refractivity contribution is 6.07. The van der Waals surface area contributed by atoms with Crippen molar-refractivity contribution in [3.05, 3.63) is 95.7 Å². The Morgan fingerprint density at radius 2 is 1.50 bits per heavy atom. The maximum Gasteiger partial charge on any atom is 0.232 e. The Kier molecular flexibility index (Phi) is 6.17. The number of carbonyl (C=O) groups excluding carboxylic acids is 2. The molecule has 0 aromatic heterocycles. The van der Waals surface area contributed by atoms with Gasteiger partial charge in [0.05, 0.1) is 6.61 Å². The molecule has 3 aromatic rings. The molecule has 0 bridgehead atoms. The van der Waals surface area contributed by atoms with E-state index in [1.165, 1.54) is 0 Å². The predicted molar refractivity (Wildman–Crippen MR) is 131 cm³/mol. The summed E-state index contributed by atoms with van der Waals surface area (Å²) in [7, 11) is 0. The van der Waals surface area contributed by atoms with Crippen LogP contribution in [0.15, 0.2) is 90.1 Å². The molecule has 0 spiro atoms. The molecule has 1 heterocycles. The quantitative estimate of drug-likeness (QED) is 0.433. The number of hydrogen-bond acceptors (Lipinski definition) is 4. The molecular formula is C29H27NO4. The third-order valence-electron chi connectivity index (χ3n) is 6.34. The fourth-order valence-electron chi connectivity index (χ4n) is 4.83. The zero-order chi connectivity index (χ0) is 23.5. The molecule has 0 saturated carbocycles. The second kappa shape index (κ2) is 9.56. The number of Topliss-reactive ketones (excluding diaryl/α,β-unsaturated/α-hetero) is 1. The van der Waals surface area contributed by atoms with Gasteiger partial charge in [0.2, 0.25) is 5.91 Å². The Morgan fingerprint density at radius 3 is 2.21 bits per heavy atom. The van der Waals surface area contributed by atoms with Crippen molar-refractivity contribution in [2.75, 3.05) is 11.5 Å². The second-order valence-corrected chi connectivity index (χ2v) is 8.53. The van der Waals surface area contributed by atoms with Crippen molar-refractivity contribution in [2.45, 2.75) is 38.5 Å². The van der Waals surface area contributed by atoms with Gasteiger partial charge in [0.15, 0.2) is 5.78 Å². The minimum Gasteiger partial charge on any atom is -0.494 e. The molecule has 0 fully saturated rings. The molecule has 0 N–H and O–H groups in total. The molecule has 5 heteroatoms. The van der Waals surface area contributed by atoms with Gasteiger partial charge >= 0.3 is 0 Å². The van der Waals surface area contributed by atoms with Crippen LogP contribution in [0.5, 0.6) is 17.2 Å². The maximum absolute atomic E-state index is 13.4. The van der Waals surface area contributed by atoms with E-state index >= 15 is 0 Å². The van der Waals surface area contributed by atoms with Crippen LogP contribution in [0.2, 0.25) is 0 Å². The van der Waals surface area contributed by atoms with Crippen molar-refractivity contribution >= 4 is 17.4 Å². The normalized spacial score (nSPS) is 18.0. The van der Waals surface area contributed by atoms with Gasteiger partial charge in [-0.3, -0.25) is 14.5 Å². The average molecular weight is 454 g/mol. The number of carbonyl (C=O) groups is 2. The smallest absolute Gasteiger partial charge is 0.232 e. The minimum atomic E-state index is -0.220. The van der Waals surface area contributed by atoms with Crippen LogP contribution in [-0.2, 0) is 9.59 Å². The van der Waals surface area contributed by atoms with Gasteiger partial charge in [-0.25, -0.2) is 0 Å². The first-order valence-corrected chi connectivity index (χ1v) is 11.8. The topological polar surface area (TPSA) is 55.8 Å². The number of hydrogen-bond donors (Lipinski definition) is 0. The largest absolute Gasteiger partial charge is 0.494 e. The summed E-state index contributed by atoms with van der Waals surface area (Å²) >= 11 is 0. The van der Waals surface area contributed by atoms with Crippen LogP contribution in [0.3, 0.4) is 0 Å². The van der Waals surface area contributed by atoms with E-state index in [2.05, 4.69) is 0 Å². The SMILES string of the molecule is CCOc1ccc(C2CC(=O)N(c3ccc(Oc4ccccc4)cc3)C3=C2C(=O)CCC3)cc1. The van der Waals surface area contributed by atoms with Crippen molar-refractivity contribution in [2.24, 2.45) is 0 Å². The van der Waals surface area contributed by atoms with Gasteiger partial charge < -0.3 is 9.47 Å². The molecule has 5 nitrogen and oxygen atoms in total. The number of rotatable bonds is 6. The Bertz CT molecular complexity index is 1210.